The van der Waals surface area contributed by atoms with E-state index in [9.17, 15) is 4.79 Å². The maximum absolute atomic E-state index is 12.1. The number of nitrogens with zero attached hydrogens (tertiary/aromatic N) is 2. The van der Waals surface area contributed by atoms with Gasteiger partial charge >= 0.3 is 0 Å². The van der Waals surface area contributed by atoms with Crippen molar-refractivity contribution in [2.75, 3.05) is 39.8 Å². The highest BCUT2D eigenvalue weighted by atomic mass is 32.1. The first-order valence-corrected chi connectivity index (χ1v) is 11.7. The molecule has 1 fully saturated rings. The molecule has 2 heterocycles. The molecule has 0 radical (unpaired) electrons. The molecule has 1 amide bonds. The predicted molar refractivity (Wildman–Crippen MR) is 125 cm³/mol. The van der Waals surface area contributed by atoms with Crippen molar-refractivity contribution >= 4 is 23.2 Å². The average Bonchev–Trinajstić information content (AvgIpc) is 3.29. The van der Waals surface area contributed by atoms with Gasteiger partial charge < -0.3 is 16.0 Å². The Kier molecular flexibility index (Phi) is 8.71. The lowest BCUT2D eigenvalue weighted by Crippen LogP contribution is -2.42. The van der Waals surface area contributed by atoms with Crippen LogP contribution in [0.15, 0.2) is 52.8 Å². The SMILES string of the molecule is CCNC(=NCC1CCCN(C)C1c1cccs1)NCCNC(=O)c1ccccc1. The van der Waals surface area contributed by atoms with E-state index in [1.54, 1.807) is 0 Å². The van der Waals surface area contributed by atoms with Crippen LogP contribution < -0.4 is 16.0 Å². The zero-order valence-corrected chi connectivity index (χ0v) is 18.8. The summed E-state index contributed by atoms with van der Waals surface area (Å²) in [7, 11) is 2.22. The number of guanidine groups is 1. The minimum Gasteiger partial charge on any atom is -0.357 e. The topological polar surface area (TPSA) is 68.8 Å². The van der Waals surface area contributed by atoms with Gasteiger partial charge in [0.1, 0.15) is 0 Å². The van der Waals surface area contributed by atoms with Gasteiger partial charge in [0.25, 0.3) is 5.91 Å². The van der Waals surface area contributed by atoms with Crippen LogP contribution >= 0.6 is 11.3 Å². The highest BCUT2D eigenvalue weighted by molar-refractivity contribution is 7.10. The molecule has 1 aliphatic rings. The van der Waals surface area contributed by atoms with Gasteiger partial charge in [-0.15, -0.1) is 11.3 Å². The van der Waals surface area contributed by atoms with Crippen molar-refractivity contribution in [2.45, 2.75) is 25.8 Å². The first kappa shape index (κ1) is 22.3. The summed E-state index contributed by atoms with van der Waals surface area (Å²) < 4.78 is 0. The van der Waals surface area contributed by atoms with E-state index in [0.717, 1.165) is 25.6 Å². The second-order valence-corrected chi connectivity index (χ2v) is 8.59. The summed E-state index contributed by atoms with van der Waals surface area (Å²) in [4.78, 5) is 20.9. The van der Waals surface area contributed by atoms with Gasteiger partial charge in [0.2, 0.25) is 0 Å². The lowest BCUT2D eigenvalue weighted by Gasteiger charge is -2.38. The van der Waals surface area contributed by atoms with Crippen LogP contribution in [0.5, 0.6) is 0 Å². The Morgan fingerprint density at radius 1 is 1.13 bits per heavy atom. The number of amides is 1. The van der Waals surface area contributed by atoms with E-state index in [1.807, 2.05) is 41.7 Å². The summed E-state index contributed by atoms with van der Waals surface area (Å²) in [5, 5.41) is 11.8. The molecule has 0 bridgehead atoms. The van der Waals surface area contributed by atoms with E-state index < -0.39 is 0 Å². The summed E-state index contributed by atoms with van der Waals surface area (Å²) in [6, 6.07) is 14.1. The maximum Gasteiger partial charge on any atom is 0.251 e. The number of hydrogen-bond acceptors (Lipinski definition) is 4. The molecule has 2 atom stereocenters. The molecule has 1 aromatic heterocycles. The van der Waals surface area contributed by atoms with E-state index in [2.05, 4.69) is 52.3 Å². The van der Waals surface area contributed by atoms with Crippen LogP contribution in [0.25, 0.3) is 0 Å². The number of piperidine rings is 1. The van der Waals surface area contributed by atoms with Gasteiger partial charge in [-0.2, -0.15) is 0 Å². The molecule has 3 rings (SSSR count). The van der Waals surface area contributed by atoms with Crippen LogP contribution in [0.4, 0.5) is 0 Å². The summed E-state index contributed by atoms with van der Waals surface area (Å²) in [6.45, 7) is 5.98. The Morgan fingerprint density at radius 3 is 2.67 bits per heavy atom. The summed E-state index contributed by atoms with van der Waals surface area (Å²) in [5.41, 5.74) is 0.680. The van der Waals surface area contributed by atoms with Crippen molar-refractivity contribution in [3.05, 3.63) is 58.3 Å². The fourth-order valence-electron chi connectivity index (χ4n) is 3.96. The highest BCUT2D eigenvalue weighted by Crippen LogP contribution is 2.37. The van der Waals surface area contributed by atoms with Crippen LogP contribution in [-0.2, 0) is 0 Å². The van der Waals surface area contributed by atoms with Crippen LogP contribution in [0.1, 0.15) is 41.0 Å². The third kappa shape index (κ3) is 6.31. The van der Waals surface area contributed by atoms with Crippen molar-refractivity contribution in [3.63, 3.8) is 0 Å². The average molecular weight is 428 g/mol. The molecule has 2 aromatic rings. The van der Waals surface area contributed by atoms with Crippen LogP contribution in [0.2, 0.25) is 0 Å². The number of likely N-dealkylation sites (tertiary alicyclic amines) is 1. The van der Waals surface area contributed by atoms with E-state index in [4.69, 9.17) is 4.99 Å². The number of carbonyl (C=O) groups is 1. The van der Waals surface area contributed by atoms with Gasteiger partial charge in [-0.3, -0.25) is 14.7 Å². The second-order valence-electron chi connectivity index (χ2n) is 7.61. The lowest BCUT2D eigenvalue weighted by molar-refractivity contribution is 0.0954. The molecule has 1 aromatic carbocycles. The molecule has 3 N–H and O–H groups in total. The highest BCUT2D eigenvalue weighted by Gasteiger charge is 2.31. The van der Waals surface area contributed by atoms with Crippen molar-refractivity contribution in [1.29, 1.82) is 0 Å². The Morgan fingerprint density at radius 2 is 1.93 bits per heavy atom. The first-order valence-electron chi connectivity index (χ1n) is 10.8. The normalized spacial score (nSPS) is 20.0. The molecule has 162 valence electrons. The van der Waals surface area contributed by atoms with Gasteiger partial charge in [-0.1, -0.05) is 24.3 Å². The third-order valence-corrected chi connectivity index (χ3v) is 6.35. The summed E-state index contributed by atoms with van der Waals surface area (Å²) in [5.74, 6) is 1.27. The maximum atomic E-state index is 12.1. The Labute approximate surface area is 183 Å². The van der Waals surface area contributed by atoms with E-state index in [1.165, 1.54) is 17.7 Å². The minimum absolute atomic E-state index is 0.0524. The zero-order chi connectivity index (χ0) is 21.2. The molecular formula is C23H33N5OS. The Hall–Kier alpha value is -2.38. The number of aliphatic imine (C=N–C) groups is 1. The van der Waals surface area contributed by atoms with Gasteiger partial charge in [0.05, 0.1) is 0 Å². The summed E-state index contributed by atoms with van der Waals surface area (Å²) in [6.07, 6.45) is 2.41. The smallest absolute Gasteiger partial charge is 0.251 e. The van der Waals surface area contributed by atoms with Crippen LogP contribution in [0.3, 0.4) is 0 Å². The predicted octanol–water partition coefficient (Wildman–Crippen LogP) is 3.12. The molecule has 30 heavy (non-hydrogen) atoms. The minimum atomic E-state index is -0.0524. The van der Waals surface area contributed by atoms with Crippen LogP contribution in [-0.4, -0.2) is 56.5 Å². The fourth-order valence-corrected chi connectivity index (χ4v) is 4.94. The fraction of sp³-hybridized carbons (Fsp3) is 0.478. The Bertz CT molecular complexity index is 793. The van der Waals surface area contributed by atoms with Gasteiger partial charge in [0.15, 0.2) is 5.96 Å². The number of nitrogens with one attached hydrogen (secondary N) is 3. The quantitative estimate of drug-likeness (QED) is 0.344. The number of benzene rings is 1. The van der Waals surface area contributed by atoms with Gasteiger partial charge in [0, 0.05) is 42.7 Å². The molecule has 0 spiro atoms. The van der Waals surface area contributed by atoms with E-state index in [-0.39, 0.29) is 5.91 Å². The molecule has 0 saturated carbocycles. The lowest BCUT2D eigenvalue weighted by atomic mass is 9.88. The van der Waals surface area contributed by atoms with Crippen LogP contribution in [0, 0.1) is 5.92 Å². The van der Waals surface area contributed by atoms with Crippen molar-refractivity contribution in [2.24, 2.45) is 10.9 Å². The van der Waals surface area contributed by atoms with Crippen molar-refractivity contribution < 1.29 is 4.79 Å². The molecule has 2 unspecified atom stereocenters. The number of rotatable bonds is 8. The first-order chi connectivity index (χ1) is 14.7. The standard InChI is InChI=1S/C23H33N5OS/c1-3-24-23(26-14-13-25-22(29)18-9-5-4-6-10-18)27-17-19-11-7-15-28(2)21(19)20-12-8-16-30-20/h4-6,8-10,12,16,19,21H,3,7,11,13-15,17H2,1-2H3,(H,25,29)(H2,24,26,27). The second kappa shape index (κ2) is 11.7. The molecule has 6 nitrogen and oxygen atoms in total. The van der Waals surface area contributed by atoms with E-state index in [0.29, 0.717) is 30.6 Å². The molecule has 1 saturated heterocycles. The molecule has 1 aliphatic heterocycles. The number of hydrogen-bond donors (Lipinski definition) is 3. The third-order valence-electron chi connectivity index (χ3n) is 5.41. The summed E-state index contributed by atoms with van der Waals surface area (Å²) >= 11 is 1.84. The van der Waals surface area contributed by atoms with Gasteiger partial charge in [-0.05, 0) is 62.9 Å². The molecular weight excluding hydrogens is 394 g/mol. The monoisotopic (exact) mass is 427 g/mol. The number of thiophene rings is 1. The van der Waals surface area contributed by atoms with Crippen molar-refractivity contribution in [3.8, 4) is 0 Å². The van der Waals surface area contributed by atoms with Crippen molar-refractivity contribution in [1.82, 2.24) is 20.9 Å². The zero-order valence-electron chi connectivity index (χ0n) is 17.9. The molecule has 0 aliphatic carbocycles. The Balaban J connectivity index is 1.51. The molecule has 7 heteroatoms. The number of carbonyl (C=O) groups excluding carboxylic acids is 1. The van der Waals surface area contributed by atoms with E-state index >= 15 is 0 Å². The van der Waals surface area contributed by atoms with Gasteiger partial charge in [-0.25, -0.2) is 0 Å². The largest absolute Gasteiger partial charge is 0.357 e.